The zero-order valence-corrected chi connectivity index (χ0v) is 22.7. The molecule has 6 rings (SSSR count). The molecule has 2 saturated carbocycles. The molecular formula is C31H43NO4. The summed E-state index contributed by atoms with van der Waals surface area (Å²) in [7, 11) is 0. The predicted octanol–water partition coefficient (Wildman–Crippen LogP) is 5.73. The minimum Gasteiger partial charge on any atom is -0.463 e. The highest BCUT2D eigenvalue weighted by Gasteiger charge is 2.58. The molecule has 1 saturated heterocycles. The maximum absolute atomic E-state index is 12.2. The van der Waals surface area contributed by atoms with Crippen molar-refractivity contribution in [2.24, 2.45) is 23.2 Å². The Balaban J connectivity index is 1.35. The maximum Gasteiger partial charge on any atom is 0.302 e. The second-order valence-electron chi connectivity index (χ2n) is 13.1. The number of hydrogen-bond acceptors (Lipinski definition) is 5. The number of fused-ring (bicyclic) bond motifs is 8. The van der Waals surface area contributed by atoms with Gasteiger partial charge in [-0.05, 0) is 96.3 Å². The van der Waals surface area contributed by atoms with Crippen molar-refractivity contribution in [3.63, 3.8) is 0 Å². The van der Waals surface area contributed by atoms with Gasteiger partial charge in [-0.2, -0.15) is 0 Å². The molecule has 5 nitrogen and oxygen atoms in total. The summed E-state index contributed by atoms with van der Waals surface area (Å²) in [5.41, 5.74) is 6.40. The van der Waals surface area contributed by atoms with Gasteiger partial charge in [0.15, 0.2) is 0 Å². The van der Waals surface area contributed by atoms with E-state index in [2.05, 4.69) is 37.8 Å². The molecule has 0 amide bonds. The lowest BCUT2D eigenvalue weighted by Crippen LogP contribution is -2.53. The fourth-order valence-electron chi connectivity index (χ4n) is 9.38. The van der Waals surface area contributed by atoms with E-state index in [0.717, 1.165) is 44.6 Å². The van der Waals surface area contributed by atoms with E-state index in [-0.39, 0.29) is 35.5 Å². The van der Waals surface area contributed by atoms with Crippen LogP contribution < -0.4 is 0 Å². The van der Waals surface area contributed by atoms with Gasteiger partial charge in [-0.25, -0.2) is 0 Å². The van der Waals surface area contributed by atoms with Gasteiger partial charge in [-0.1, -0.05) is 32.9 Å². The zero-order valence-electron chi connectivity index (χ0n) is 22.7. The first-order chi connectivity index (χ1) is 17.2. The molecule has 2 heterocycles. The Morgan fingerprint density at radius 1 is 0.944 bits per heavy atom. The molecule has 9 atom stereocenters. The minimum atomic E-state index is -0.208. The van der Waals surface area contributed by atoms with Crippen molar-refractivity contribution in [1.82, 2.24) is 4.90 Å². The molecule has 0 spiro atoms. The van der Waals surface area contributed by atoms with Crippen LogP contribution in [0.4, 0.5) is 0 Å². The highest BCUT2D eigenvalue weighted by Crippen LogP contribution is 2.63. The van der Waals surface area contributed by atoms with E-state index in [4.69, 9.17) is 9.47 Å². The molecule has 2 aliphatic heterocycles. The van der Waals surface area contributed by atoms with E-state index < -0.39 is 0 Å². The molecule has 1 aromatic rings. The lowest BCUT2D eigenvalue weighted by Gasteiger charge is -2.55. The van der Waals surface area contributed by atoms with Crippen LogP contribution in [0.2, 0.25) is 0 Å². The number of ether oxygens (including phenoxy) is 2. The molecule has 3 aliphatic carbocycles. The average Bonchev–Trinajstić information content (AvgIpc) is 3.19. The van der Waals surface area contributed by atoms with Gasteiger partial charge in [-0.15, -0.1) is 0 Å². The Kier molecular flexibility index (Phi) is 6.02. The molecule has 0 unspecified atom stereocenters. The smallest absolute Gasteiger partial charge is 0.302 e. The van der Waals surface area contributed by atoms with Gasteiger partial charge >= 0.3 is 11.9 Å². The number of benzene rings is 1. The van der Waals surface area contributed by atoms with Crippen LogP contribution in [-0.4, -0.2) is 41.6 Å². The second-order valence-corrected chi connectivity index (χ2v) is 13.1. The van der Waals surface area contributed by atoms with Crippen molar-refractivity contribution in [2.45, 2.75) is 116 Å². The van der Waals surface area contributed by atoms with E-state index in [1.54, 1.807) is 16.7 Å². The lowest BCUT2D eigenvalue weighted by atomic mass is 9.51. The van der Waals surface area contributed by atoms with Crippen molar-refractivity contribution >= 4 is 11.9 Å². The molecule has 1 aromatic carbocycles. The first-order valence-corrected chi connectivity index (χ1v) is 14.4. The minimum absolute atomic E-state index is 0.0643. The molecule has 196 valence electrons. The third-order valence-electron chi connectivity index (χ3n) is 11.0. The largest absolute Gasteiger partial charge is 0.463 e. The van der Waals surface area contributed by atoms with Crippen LogP contribution in [0.3, 0.4) is 0 Å². The van der Waals surface area contributed by atoms with E-state index in [1.165, 1.54) is 38.8 Å². The Labute approximate surface area is 216 Å². The van der Waals surface area contributed by atoms with Crippen LogP contribution >= 0.6 is 0 Å². The van der Waals surface area contributed by atoms with Crippen molar-refractivity contribution in [3.05, 3.63) is 34.4 Å². The standard InChI is InChI=1S/C31H43NO4/c1-17-6-9-29-18(2)22-7-8-23-24(26(22)16-32(29)15-17)13-27-25(23)14-30(36-20(4)34)28-12-21(35-19(3)33)10-11-31(27,28)5/h7-8,17-18,21,25,27-30H,6,9-16H2,1-5H3/t17-,18-,21+,25+,27+,28-,29+,30-,31-/m1/s1. The molecule has 0 aromatic heterocycles. The number of nitrogens with zero attached hydrogens (tertiary/aromatic N) is 1. The zero-order chi connectivity index (χ0) is 25.4. The lowest BCUT2D eigenvalue weighted by molar-refractivity contribution is -0.175. The summed E-state index contributed by atoms with van der Waals surface area (Å²) in [6.45, 7) is 12.6. The van der Waals surface area contributed by atoms with Crippen LogP contribution in [0, 0.1) is 23.2 Å². The van der Waals surface area contributed by atoms with Crippen LogP contribution in [0.1, 0.15) is 107 Å². The maximum atomic E-state index is 12.2. The van der Waals surface area contributed by atoms with Gasteiger partial charge in [0.1, 0.15) is 12.2 Å². The summed E-state index contributed by atoms with van der Waals surface area (Å²) in [6, 6.07) is 5.57. The number of carbonyl (C=O) groups excluding carboxylic acids is 2. The van der Waals surface area contributed by atoms with Crippen molar-refractivity contribution in [3.8, 4) is 0 Å². The molecule has 5 heteroatoms. The first-order valence-electron chi connectivity index (χ1n) is 14.4. The van der Waals surface area contributed by atoms with Crippen molar-refractivity contribution in [2.75, 3.05) is 6.54 Å². The number of piperidine rings is 1. The monoisotopic (exact) mass is 493 g/mol. The molecule has 36 heavy (non-hydrogen) atoms. The van der Waals surface area contributed by atoms with Gasteiger partial charge in [0.2, 0.25) is 0 Å². The molecule has 0 N–H and O–H groups in total. The van der Waals surface area contributed by atoms with Gasteiger partial charge in [0.25, 0.3) is 0 Å². The summed E-state index contributed by atoms with van der Waals surface area (Å²) in [5.74, 6) is 2.20. The second kappa shape index (κ2) is 8.85. The highest BCUT2D eigenvalue weighted by atomic mass is 16.5. The number of hydrogen-bond donors (Lipinski definition) is 0. The van der Waals surface area contributed by atoms with E-state index >= 15 is 0 Å². The van der Waals surface area contributed by atoms with Gasteiger partial charge in [0, 0.05) is 38.9 Å². The fraction of sp³-hybridized carbons (Fsp3) is 0.742. The molecular weight excluding hydrogens is 450 g/mol. The number of carbonyl (C=O) groups is 2. The summed E-state index contributed by atoms with van der Waals surface area (Å²) in [4.78, 5) is 26.7. The number of esters is 2. The quantitative estimate of drug-likeness (QED) is 0.492. The summed E-state index contributed by atoms with van der Waals surface area (Å²) in [5, 5.41) is 0. The van der Waals surface area contributed by atoms with Gasteiger partial charge in [-0.3, -0.25) is 14.5 Å². The van der Waals surface area contributed by atoms with Crippen LogP contribution in [0.15, 0.2) is 12.1 Å². The van der Waals surface area contributed by atoms with Crippen LogP contribution in [0.25, 0.3) is 0 Å². The van der Waals surface area contributed by atoms with Crippen LogP contribution in [0.5, 0.6) is 0 Å². The SMILES string of the molecule is CC(=O)O[C@H]1CC[C@@]2(C)[C@H](C1)[C@H](OC(C)=O)C[C@H]1c3ccc4c(c3C[C@@H]12)CN1C[C@H](C)CC[C@H]1[C@@H]4C. The first kappa shape index (κ1) is 24.5. The van der Waals surface area contributed by atoms with Crippen LogP contribution in [-0.2, 0) is 32.0 Å². The Morgan fingerprint density at radius 2 is 1.69 bits per heavy atom. The van der Waals surface area contributed by atoms with Gasteiger partial charge in [0.05, 0.1) is 0 Å². The molecule has 0 radical (unpaired) electrons. The summed E-state index contributed by atoms with van der Waals surface area (Å²) < 4.78 is 11.7. The van der Waals surface area contributed by atoms with Crippen molar-refractivity contribution in [1.29, 1.82) is 0 Å². The van der Waals surface area contributed by atoms with E-state index in [0.29, 0.717) is 23.8 Å². The fourth-order valence-corrected chi connectivity index (χ4v) is 9.38. The summed E-state index contributed by atoms with van der Waals surface area (Å²) in [6.07, 6.45) is 7.25. The Morgan fingerprint density at radius 3 is 2.44 bits per heavy atom. The predicted molar refractivity (Wildman–Crippen MR) is 139 cm³/mol. The number of rotatable bonds is 2. The topological polar surface area (TPSA) is 55.8 Å². The summed E-state index contributed by atoms with van der Waals surface area (Å²) >= 11 is 0. The molecule has 5 aliphatic rings. The van der Waals surface area contributed by atoms with E-state index in [1.807, 2.05) is 0 Å². The normalized spacial score (nSPS) is 41.2. The molecule has 0 bridgehead atoms. The molecule has 3 fully saturated rings. The Hall–Kier alpha value is -1.88. The highest BCUT2D eigenvalue weighted by molar-refractivity contribution is 5.66. The Bertz CT molecular complexity index is 1070. The van der Waals surface area contributed by atoms with Gasteiger partial charge < -0.3 is 9.47 Å². The van der Waals surface area contributed by atoms with E-state index in [9.17, 15) is 9.59 Å². The van der Waals surface area contributed by atoms with Crippen molar-refractivity contribution < 1.29 is 19.1 Å². The average molecular weight is 494 g/mol. The third kappa shape index (κ3) is 3.83. The third-order valence-corrected chi connectivity index (χ3v) is 11.0.